The third-order valence-electron chi connectivity index (χ3n) is 14.4. The van der Waals surface area contributed by atoms with Crippen LogP contribution in [0.5, 0.6) is 5.75 Å². The second-order valence-electron chi connectivity index (χ2n) is 23.5. The summed E-state index contributed by atoms with van der Waals surface area (Å²) >= 11 is 0. The zero-order chi connectivity index (χ0) is 61.9. The predicted octanol–water partition coefficient (Wildman–Crippen LogP) is 1.92. The molecule has 0 aromatic heterocycles. The van der Waals surface area contributed by atoms with Crippen LogP contribution in [0.25, 0.3) is 6.08 Å². The lowest BCUT2D eigenvalue weighted by atomic mass is 9.96. The lowest BCUT2D eigenvalue weighted by Crippen LogP contribution is -2.59. The van der Waals surface area contributed by atoms with Crippen LogP contribution in [0, 0.1) is 29.6 Å². The second kappa shape index (κ2) is 32.4. The number of amides is 11. The average molecular weight is 1140 g/mol. The van der Waals surface area contributed by atoms with Crippen molar-refractivity contribution in [2.24, 2.45) is 29.6 Å². The van der Waals surface area contributed by atoms with Crippen molar-refractivity contribution in [2.45, 2.75) is 151 Å². The van der Waals surface area contributed by atoms with E-state index in [9.17, 15) is 57.8 Å². The Balaban J connectivity index is 2.70. The van der Waals surface area contributed by atoms with Crippen molar-refractivity contribution in [3.63, 3.8) is 0 Å². The summed E-state index contributed by atoms with van der Waals surface area (Å²) in [6.07, 6.45) is 4.87. The molecular weight excluding hydrogens is 1040 g/mol. The Morgan fingerprint density at radius 3 is 1.48 bits per heavy atom. The summed E-state index contributed by atoms with van der Waals surface area (Å²) in [7, 11) is 9.86. The SMILES string of the molecule is CC(C)C[C@H]1C(=O)N[C@@H](C(C)C)C(=O)N(C)CC(=O)N[C@@H](C)C(=O)N[C@H](C)C(=O)N(C)[C@@H](CC(C)C)C(=O)N(C)[C@@H](CC(C)C)C(=O)N(C)CC(=O)N(C)C(C[C@H](C)C/C=C/c2ccc(O)cc2)C(=O)NCC(=O)N(C)CC(=O)N1C. The number of rotatable bonds is 12. The second-order valence-corrected chi connectivity index (χ2v) is 23.5. The van der Waals surface area contributed by atoms with Gasteiger partial charge in [0.05, 0.1) is 26.2 Å². The number of aromatic hydroxyl groups is 1. The van der Waals surface area contributed by atoms with Crippen LogP contribution in [0.3, 0.4) is 0 Å². The molecule has 1 saturated heterocycles. The number of allylic oxidation sites excluding steroid dienone is 1. The van der Waals surface area contributed by atoms with Crippen LogP contribution in [0.2, 0.25) is 0 Å². The fourth-order valence-corrected chi connectivity index (χ4v) is 9.28. The van der Waals surface area contributed by atoms with E-state index in [2.05, 4.69) is 21.3 Å². The number of nitrogens with zero attached hydrogens (tertiary/aromatic N) is 7. The highest BCUT2D eigenvalue weighted by atomic mass is 16.3. The van der Waals surface area contributed by atoms with Crippen LogP contribution in [0.4, 0.5) is 0 Å². The van der Waals surface area contributed by atoms with Gasteiger partial charge in [-0.05, 0) is 93.2 Å². The van der Waals surface area contributed by atoms with Gasteiger partial charge in [0.1, 0.15) is 48.0 Å². The van der Waals surface area contributed by atoms with Crippen LogP contribution in [-0.4, -0.2) is 222 Å². The van der Waals surface area contributed by atoms with Crippen molar-refractivity contribution < 1.29 is 57.8 Å². The molecule has 454 valence electrons. The van der Waals surface area contributed by atoms with Gasteiger partial charge in [-0.2, -0.15) is 0 Å². The minimum Gasteiger partial charge on any atom is -0.508 e. The average Bonchev–Trinajstić information content (AvgIpc) is 3.38. The molecule has 0 saturated carbocycles. The first kappa shape index (κ1) is 70.0. The Kier molecular flexibility index (Phi) is 28.0. The molecule has 1 unspecified atom stereocenters. The number of hydrogen-bond donors (Lipinski definition) is 5. The standard InChI is InChI=1S/C58H95N11O12/c1-34(2)26-43-54(77)62-51(37(7)8)58(81)64(13)31-47(71)60-39(10)52(75)61-40(11)55(78)68(17)46(28-36(5)6)57(80)69(18)45(27-35(3)4)56(79)65(14)33-50(74)67(16)44(29-38(9)20-19-21-41-22-24-42(70)25-23-41)53(76)59-30-48(72)63(12)32-49(73)66(43)15/h19,21-25,34-40,43-46,51,70H,20,26-33H2,1-18H3,(H,59,76)(H,60,71)(H,61,75)(H,62,77)/b21-19+/t38-,39+,40-,43+,44?,45+,46+,51+/m1/s1. The first-order chi connectivity index (χ1) is 37.6. The van der Waals surface area contributed by atoms with Crippen LogP contribution in [0.1, 0.15) is 114 Å². The highest BCUT2D eigenvalue weighted by Crippen LogP contribution is 2.22. The molecule has 1 aliphatic heterocycles. The van der Waals surface area contributed by atoms with E-state index in [0.29, 0.717) is 6.42 Å². The molecule has 1 heterocycles. The van der Waals surface area contributed by atoms with E-state index in [1.807, 2.05) is 60.6 Å². The summed E-state index contributed by atoms with van der Waals surface area (Å²) in [5.74, 6) is -8.06. The van der Waals surface area contributed by atoms with Gasteiger partial charge in [0.2, 0.25) is 65.0 Å². The van der Waals surface area contributed by atoms with Gasteiger partial charge in [0.15, 0.2) is 0 Å². The fourth-order valence-electron chi connectivity index (χ4n) is 9.28. The van der Waals surface area contributed by atoms with Gasteiger partial charge in [0.25, 0.3) is 0 Å². The summed E-state index contributed by atoms with van der Waals surface area (Å²) in [6, 6.07) is -1.41. The van der Waals surface area contributed by atoms with Gasteiger partial charge in [-0.25, -0.2) is 0 Å². The lowest BCUT2D eigenvalue weighted by Gasteiger charge is -2.38. The summed E-state index contributed by atoms with van der Waals surface area (Å²) in [5, 5.41) is 20.3. The molecule has 1 aromatic carbocycles. The number of nitrogens with one attached hydrogen (secondary N) is 4. The normalized spacial score (nSPS) is 24.2. The Bertz CT molecular complexity index is 2390. The number of carbonyl (C=O) groups is 11. The Morgan fingerprint density at radius 2 is 0.963 bits per heavy atom. The largest absolute Gasteiger partial charge is 0.508 e. The zero-order valence-corrected chi connectivity index (χ0v) is 51.3. The van der Waals surface area contributed by atoms with Crippen molar-refractivity contribution in [2.75, 3.05) is 75.5 Å². The fraction of sp³-hybridized carbons (Fsp3) is 0.672. The van der Waals surface area contributed by atoms with Gasteiger partial charge in [-0.3, -0.25) is 52.7 Å². The predicted molar refractivity (Wildman–Crippen MR) is 308 cm³/mol. The van der Waals surface area contributed by atoms with E-state index in [1.165, 1.54) is 87.7 Å². The molecule has 0 spiro atoms. The minimum atomic E-state index is -1.19. The van der Waals surface area contributed by atoms with Crippen molar-refractivity contribution in [1.82, 2.24) is 55.6 Å². The maximum atomic E-state index is 14.7. The summed E-state index contributed by atoms with van der Waals surface area (Å²) in [4.78, 5) is 163. The van der Waals surface area contributed by atoms with Gasteiger partial charge in [0, 0.05) is 49.3 Å². The first-order valence-electron chi connectivity index (χ1n) is 28.0. The van der Waals surface area contributed by atoms with Crippen LogP contribution < -0.4 is 21.3 Å². The number of likely N-dealkylation sites (N-methyl/N-ethyl adjacent to an activating group) is 7. The molecule has 81 heavy (non-hydrogen) atoms. The molecule has 0 aliphatic carbocycles. The van der Waals surface area contributed by atoms with Gasteiger partial charge in [-0.15, -0.1) is 0 Å². The van der Waals surface area contributed by atoms with E-state index in [0.717, 1.165) is 15.4 Å². The molecule has 1 aliphatic rings. The molecule has 5 N–H and O–H groups in total. The van der Waals surface area contributed by atoms with E-state index < -0.39 is 139 Å². The Labute approximate surface area is 480 Å². The van der Waals surface area contributed by atoms with Crippen LogP contribution in [-0.2, 0) is 52.7 Å². The van der Waals surface area contributed by atoms with Crippen molar-refractivity contribution in [1.29, 1.82) is 0 Å². The molecule has 23 heteroatoms. The number of benzene rings is 1. The lowest BCUT2D eigenvalue weighted by molar-refractivity contribution is -0.152. The van der Waals surface area contributed by atoms with Gasteiger partial charge >= 0.3 is 0 Å². The number of carbonyl (C=O) groups excluding carboxylic acids is 11. The summed E-state index contributed by atoms with van der Waals surface area (Å²) in [5.41, 5.74) is 0.826. The van der Waals surface area contributed by atoms with Crippen molar-refractivity contribution >= 4 is 71.1 Å². The number of hydrogen-bond acceptors (Lipinski definition) is 12. The number of phenols is 1. The molecule has 1 fully saturated rings. The molecule has 8 atom stereocenters. The van der Waals surface area contributed by atoms with E-state index in [4.69, 9.17) is 0 Å². The van der Waals surface area contributed by atoms with E-state index in [-0.39, 0.29) is 55.1 Å². The van der Waals surface area contributed by atoms with Crippen molar-refractivity contribution in [3.8, 4) is 5.75 Å². The molecule has 23 nitrogen and oxygen atoms in total. The molecule has 1 aromatic rings. The summed E-state index contributed by atoms with van der Waals surface area (Å²) in [6.45, 7) is 17.2. The van der Waals surface area contributed by atoms with Gasteiger partial charge < -0.3 is 60.7 Å². The van der Waals surface area contributed by atoms with Crippen LogP contribution >= 0.6 is 0 Å². The third-order valence-corrected chi connectivity index (χ3v) is 14.4. The first-order valence-corrected chi connectivity index (χ1v) is 28.0. The van der Waals surface area contributed by atoms with Crippen LogP contribution in [0.15, 0.2) is 30.3 Å². The number of phenolic OH excluding ortho intramolecular Hbond substituents is 1. The van der Waals surface area contributed by atoms with E-state index >= 15 is 0 Å². The third kappa shape index (κ3) is 21.7. The Hall–Kier alpha value is -7.07. The molecule has 11 amide bonds. The molecular formula is C58H95N11O12. The smallest absolute Gasteiger partial charge is 0.245 e. The molecule has 2 rings (SSSR count). The maximum absolute atomic E-state index is 14.7. The molecule has 0 radical (unpaired) electrons. The Morgan fingerprint density at radius 1 is 0.494 bits per heavy atom. The highest BCUT2D eigenvalue weighted by Gasteiger charge is 2.40. The maximum Gasteiger partial charge on any atom is 0.245 e. The topological polar surface area (TPSA) is 279 Å². The quantitative estimate of drug-likeness (QED) is 0.201. The van der Waals surface area contributed by atoms with Crippen molar-refractivity contribution in [3.05, 3.63) is 35.9 Å². The minimum absolute atomic E-state index is 0.112. The monoisotopic (exact) mass is 1140 g/mol. The van der Waals surface area contributed by atoms with Gasteiger partial charge in [-0.1, -0.05) is 86.6 Å². The molecule has 0 bridgehead atoms. The van der Waals surface area contributed by atoms with E-state index in [1.54, 1.807) is 38.1 Å². The highest BCUT2D eigenvalue weighted by molar-refractivity contribution is 5.98. The summed E-state index contributed by atoms with van der Waals surface area (Å²) < 4.78 is 0. The zero-order valence-electron chi connectivity index (χ0n) is 51.3.